The van der Waals surface area contributed by atoms with Crippen molar-refractivity contribution >= 4 is 16.2 Å². The number of fused-ring (bicyclic) bond motifs is 1. The van der Waals surface area contributed by atoms with Crippen LogP contribution in [0.1, 0.15) is 37.3 Å². The number of nitrogens with zero attached hydrogens (tertiary/aromatic N) is 2. The lowest BCUT2D eigenvalue weighted by atomic mass is 9.96. The molecule has 2 aliphatic heterocycles. The average molecular weight is 352 g/mol. The number of benzene rings is 1. The van der Waals surface area contributed by atoms with Crippen LogP contribution in [0, 0.1) is 0 Å². The van der Waals surface area contributed by atoms with Crippen molar-refractivity contribution in [1.29, 1.82) is 0 Å². The third kappa shape index (κ3) is 3.08. The Bertz CT molecular complexity index is 719. The number of esters is 1. The molecule has 0 saturated carbocycles. The summed E-state index contributed by atoms with van der Waals surface area (Å²) in [6.45, 7) is 2.65. The first-order chi connectivity index (χ1) is 11.4. The molecule has 1 fully saturated rings. The summed E-state index contributed by atoms with van der Waals surface area (Å²) in [4.78, 5) is 12.3. The van der Waals surface area contributed by atoms with Crippen LogP contribution < -0.4 is 0 Å². The number of hydrogen-bond donors (Lipinski definition) is 0. The number of hydrogen-bond acceptors (Lipinski definition) is 4. The second-order valence-corrected chi connectivity index (χ2v) is 8.35. The SMILES string of the molecule is COC(=O)[C@@H]1Cc2ccccc2CN1S(=O)(=O)N1CCCC[C@@H]1C. The van der Waals surface area contributed by atoms with E-state index < -0.39 is 22.2 Å². The van der Waals surface area contributed by atoms with Gasteiger partial charge in [0.1, 0.15) is 6.04 Å². The van der Waals surface area contributed by atoms with Crippen molar-refractivity contribution in [3.05, 3.63) is 35.4 Å². The molecule has 1 aromatic rings. The van der Waals surface area contributed by atoms with Gasteiger partial charge in [0, 0.05) is 25.6 Å². The zero-order valence-electron chi connectivity index (χ0n) is 14.1. The zero-order chi connectivity index (χ0) is 17.3. The van der Waals surface area contributed by atoms with E-state index in [9.17, 15) is 13.2 Å². The Morgan fingerprint density at radius 2 is 1.88 bits per heavy atom. The van der Waals surface area contributed by atoms with Gasteiger partial charge in [0.15, 0.2) is 0 Å². The minimum Gasteiger partial charge on any atom is -0.468 e. The largest absolute Gasteiger partial charge is 0.468 e. The summed E-state index contributed by atoms with van der Waals surface area (Å²) in [6, 6.07) is 6.82. The molecule has 1 saturated heterocycles. The van der Waals surface area contributed by atoms with Crippen LogP contribution in [0.3, 0.4) is 0 Å². The summed E-state index contributed by atoms with van der Waals surface area (Å²) < 4.78 is 34.2. The number of methoxy groups -OCH3 is 1. The molecule has 0 aliphatic carbocycles. The lowest BCUT2D eigenvalue weighted by Gasteiger charge is -2.40. The highest BCUT2D eigenvalue weighted by Crippen LogP contribution is 2.30. The molecule has 2 aliphatic rings. The van der Waals surface area contributed by atoms with E-state index in [-0.39, 0.29) is 12.6 Å². The first kappa shape index (κ1) is 17.4. The highest BCUT2D eigenvalue weighted by atomic mass is 32.2. The molecule has 3 rings (SSSR count). The van der Waals surface area contributed by atoms with E-state index >= 15 is 0 Å². The van der Waals surface area contributed by atoms with Crippen molar-refractivity contribution in [2.75, 3.05) is 13.7 Å². The molecule has 2 heterocycles. The summed E-state index contributed by atoms with van der Waals surface area (Å²) >= 11 is 0. The van der Waals surface area contributed by atoms with Crippen LogP contribution in [0.25, 0.3) is 0 Å². The van der Waals surface area contributed by atoms with Gasteiger partial charge in [-0.25, -0.2) is 0 Å². The summed E-state index contributed by atoms with van der Waals surface area (Å²) in [5.74, 6) is -0.502. The Morgan fingerprint density at radius 1 is 1.17 bits per heavy atom. The van der Waals surface area contributed by atoms with Gasteiger partial charge in [0.2, 0.25) is 0 Å². The van der Waals surface area contributed by atoms with Crippen molar-refractivity contribution in [3.8, 4) is 0 Å². The van der Waals surface area contributed by atoms with Gasteiger partial charge in [-0.2, -0.15) is 17.0 Å². The first-order valence-electron chi connectivity index (χ1n) is 8.38. The van der Waals surface area contributed by atoms with Crippen LogP contribution >= 0.6 is 0 Å². The molecule has 0 bridgehead atoms. The Balaban J connectivity index is 1.98. The molecule has 24 heavy (non-hydrogen) atoms. The molecule has 2 atom stereocenters. The lowest BCUT2D eigenvalue weighted by Crippen LogP contribution is -2.56. The van der Waals surface area contributed by atoms with E-state index in [4.69, 9.17) is 4.74 Å². The zero-order valence-corrected chi connectivity index (χ0v) is 15.0. The van der Waals surface area contributed by atoms with E-state index in [0.29, 0.717) is 13.0 Å². The molecule has 6 nitrogen and oxygen atoms in total. The number of carbonyl (C=O) groups is 1. The van der Waals surface area contributed by atoms with Crippen LogP contribution in [0.15, 0.2) is 24.3 Å². The first-order valence-corrected chi connectivity index (χ1v) is 9.78. The van der Waals surface area contributed by atoms with Gasteiger partial charge in [0.05, 0.1) is 7.11 Å². The van der Waals surface area contributed by atoms with Crippen molar-refractivity contribution < 1.29 is 17.9 Å². The number of carbonyl (C=O) groups excluding carboxylic acids is 1. The molecule has 7 heteroatoms. The topological polar surface area (TPSA) is 66.9 Å². The third-order valence-corrected chi connectivity index (χ3v) is 7.12. The fraction of sp³-hybridized carbons (Fsp3) is 0.588. The maximum Gasteiger partial charge on any atom is 0.324 e. The van der Waals surface area contributed by atoms with Gasteiger partial charge in [0.25, 0.3) is 10.2 Å². The summed E-state index contributed by atoms with van der Waals surface area (Å²) in [7, 11) is -2.41. The van der Waals surface area contributed by atoms with Gasteiger partial charge in [-0.05, 0) is 30.9 Å². The maximum absolute atomic E-state index is 13.2. The minimum atomic E-state index is -3.72. The molecule has 0 N–H and O–H groups in total. The normalized spacial score (nSPS) is 25.9. The lowest BCUT2D eigenvalue weighted by molar-refractivity contribution is -0.145. The predicted octanol–water partition coefficient (Wildman–Crippen LogP) is 1.71. The van der Waals surface area contributed by atoms with Gasteiger partial charge < -0.3 is 4.74 Å². The molecule has 0 radical (unpaired) electrons. The second-order valence-electron chi connectivity index (χ2n) is 6.52. The van der Waals surface area contributed by atoms with Gasteiger partial charge in [-0.3, -0.25) is 4.79 Å². The standard InChI is InChI=1S/C17H24N2O4S/c1-13-7-5-6-10-18(13)24(21,22)19-12-15-9-4-3-8-14(15)11-16(19)17(20)23-2/h3-4,8-9,13,16H,5-7,10-12H2,1-2H3/t13-,16-/m0/s1. The van der Waals surface area contributed by atoms with Gasteiger partial charge >= 0.3 is 5.97 Å². The fourth-order valence-electron chi connectivity index (χ4n) is 3.63. The highest BCUT2D eigenvalue weighted by Gasteiger charge is 2.43. The molecule has 0 amide bonds. The van der Waals surface area contributed by atoms with Crippen LogP contribution in [0.5, 0.6) is 0 Å². The summed E-state index contributed by atoms with van der Waals surface area (Å²) in [5.41, 5.74) is 1.96. The monoisotopic (exact) mass is 352 g/mol. The molecule has 0 unspecified atom stereocenters. The smallest absolute Gasteiger partial charge is 0.324 e. The number of piperidine rings is 1. The second kappa shape index (κ2) is 6.82. The van der Waals surface area contributed by atoms with E-state index in [1.54, 1.807) is 4.31 Å². The van der Waals surface area contributed by atoms with E-state index in [1.165, 1.54) is 11.4 Å². The Labute approximate surface area is 143 Å². The van der Waals surface area contributed by atoms with Crippen LogP contribution in [-0.4, -0.2) is 48.7 Å². The molecule has 0 aromatic heterocycles. The Hall–Kier alpha value is -1.44. The van der Waals surface area contributed by atoms with E-state index in [1.807, 2.05) is 31.2 Å². The van der Waals surface area contributed by atoms with Crippen molar-refractivity contribution in [1.82, 2.24) is 8.61 Å². The molecule has 0 spiro atoms. The quantitative estimate of drug-likeness (QED) is 0.777. The Morgan fingerprint density at radius 3 is 2.54 bits per heavy atom. The van der Waals surface area contributed by atoms with Gasteiger partial charge in [-0.1, -0.05) is 30.7 Å². The minimum absolute atomic E-state index is 0.0424. The summed E-state index contributed by atoms with van der Waals surface area (Å²) in [6.07, 6.45) is 3.10. The molecule has 132 valence electrons. The van der Waals surface area contributed by atoms with Gasteiger partial charge in [-0.15, -0.1) is 0 Å². The van der Waals surface area contributed by atoms with Crippen molar-refractivity contribution in [2.24, 2.45) is 0 Å². The van der Waals surface area contributed by atoms with Crippen molar-refractivity contribution in [2.45, 2.75) is 51.2 Å². The van der Waals surface area contributed by atoms with Crippen LogP contribution in [0.4, 0.5) is 0 Å². The Kier molecular flexibility index (Phi) is 4.94. The third-order valence-electron chi connectivity index (χ3n) is 5.01. The van der Waals surface area contributed by atoms with Crippen molar-refractivity contribution in [3.63, 3.8) is 0 Å². The maximum atomic E-state index is 13.2. The highest BCUT2D eigenvalue weighted by molar-refractivity contribution is 7.86. The molecular formula is C17H24N2O4S. The van der Waals surface area contributed by atoms with Crippen LogP contribution in [0.2, 0.25) is 0 Å². The molecular weight excluding hydrogens is 328 g/mol. The number of ether oxygens (including phenoxy) is 1. The van der Waals surface area contributed by atoms with E-state index in [2.05, 4.69) is 0 Å². The number of rotatable bonds is 3. The van der Waals surface area contributed by atoms with E-state index in [0.717, 1.165) is 30.4 Å². The predicted molar refractivity (Wildman–Crippen MR) is 90.4 cm³/mol. The summed E-state index contributed by atoms with van der Waals surface area (Å²) in [5, 5.41) is 0. The fourth-order valence-corrected chi connectivity index (χ4v) is 5.60. The van der Waals surface area contributed by atoms with Crippen LogP contribution in [-0.2, 0) is 32.7 Å². The molecule has 1 aromatic carbocycles. The average Bonchev–Trinajstić information content (AvgIpc) is 2.60.